The monoisotopic (exact) mass is 427 g/mol. The second-order valence-electron chi connectivity index (χ2n) is 6.15. The van der Waals surface area contributed by atoms with Gasteiger partial charge in [-0.25, -0.2) is 4.39 Å². The van der Waals surface area contributed by atoms with E-state index in [1.165, 1.54) is 36.4 Å². The molecule has 0 aromatic heterocycles. The summed E-state index contributed by atoms with van der Waals surface area (Å²) in [5.74, 6) is -4.05. The lowest BCUT2D eigenvalue weighted by Crippen LogP contribution is -2.40. The van der Waals surface area contributed by atoms with Crippen LogP contribution in [0, 0.1) is 5.82 Å². The number of carbonyl (C=O) groups is 1. The van der Waals surface area contributed by atoms with E-state index in [0.29, 0.717) is 0 Å². The number of ether oxygens (including phenoxy) is 1. The summed E-state index contributed by atoms with van der Waals surface area (Å²) in [6.45, 7) is 0. The Kier molecular flexibility index (Phi) is 5.25. The van der Waals surface area contributed by atoms with Gasteiger partial charge in [-0.1, -0.05) is 48.0 Å². The van der Waals surface area contributed by atoms with Crippen LogP contribution in [-0.2, 0) is 33.9 Å². The zero-order valence-electron chi connectivity index (χ0n) is 14.6. The summed E-state index contributed by atoms with van der Waals surface area (Å²) in [6.07, 6.45) is 0. The average Bonchev–Trinajstić information content (AvgIpc) is 2.85. The SMILES string of the molecule is [B]C([B])(c1ccccc1)S(=O)(=O)OC1=C(N)O[C@@]([B])(c2c(F)cccc2Cl)C1=O. The molecule has 0 unspecified atom stereocenters. The van der Waals surface area contributed by atoms with Gasteiger partial charge in [0, 0.05) is 5.56 Å². The second kappa shape index (κ2) is 7.14. The number of ketones is 1. The summed E-state index contributed by atoms with van der Waals surface area (Å²) in [4.78, 5) is 12.8. The van der Waals surface area contributed by atoms with Crippen LogP contribution in [0.15, 0.2) is 60.2 Å². The number of Topliss-reactive ketones (excluding diaryl/α,β-unsaturated/α-hetero) is 1. The van der Waals surface area contributed by atoms with E-state index in [2.05, 4.69) is 0 Å². The van der Waals surface area contributed by atoms with Crippen molar-refractivity contribution in [1.29, 1.82) is 0 Å². The topological polar surface area (TPSA) is 95.7 Å². The predicted molar refractivity (Wildman–Crippen MR) is 106 cm³/mol. The van der Waals surface area contributed by atoms with Gasteiger partial charge in [-0.15, -0.1) is 0 Å². The van der Waals surface area contributed by atoms with Crippen molar-refractivity contribution in [3.63, 3.8) is 0 Å². The van der Waals surface area contributed by atoms with Crippen molar-refractivity contribution in [2.75, 3.05) is 0 Å². The molecule has 12 heteroatoms. The third-order valence-electron chi connectivity index (χ3n) is 4.20. The molecule has 29 heavy (non-hydrogen) atoms. The van der Waals surface area contributed by atoms with Crippen molar-refractivity contribution in [3.05, 3.63) is 82.1 Å². The van der Waals surface area contributed by atoms with Gasteiger partial charge in [-0.05, 0) is 17.7 Å². The molecule has 0 saturated heterocycles. The molecule has 1 aliphatic rings. The van der Waals surface area contributed by atoms with Crippen LogP contribution in [0.3, 0.4) is 0 Å². The lowest BCUT2D eigenvalue weighted by atomic mass is 9.65. The number of benzene rings is 2. The summed E-state index contributed by atoms with van der Waals surface area (Å²) in [5, 5.41) is -0.242. The molecule has 1 atom stereocenters. The minimum Gasteiger partial charge on any atom is -0.467 e. The molecule has 3 rings (SSSR count). The van der Waals surface area contributed by atoms with Gasteiger partial charge >= 0.3 is 10.1 Å². The second-order valence-corrected chi connectivity index (χ2v) is 8.31. The summed E-state index contributed by atoms with van der Waals surface area (Å²) >= 11 is 5.94. The number of hydrogen-bond acceptors (Lipinski definition) is 6. The highest BCUT2D eigenvalue weighted by molar-refractivity contribution is 7.90. The molecule has 0 fully saturated rings. The third-order valence-corrected chi connectivity index (χ3v) is 5.97. The fourth-order valence-corrected chi connectivity index (χ4v) is 3.91. The molecule has 0 saturated carbocycles. The van der Waals surface area contributed by atoms with E-state index < -0.39 is 49.0 Å². The van der Waals surface area contributed by atoms with Crippen LogP contribution in [0.5, 0.6) is 0 Å². The number of halogens is 2. The molecular formula is C17H10B3ClFNO5S. The van der Waals surface area contributed by atoms with Gasteiger partial charge in [-0.3, -0.25) is 4.79 Å². The van der Waals surface area contributed by atoms with Gasteiger partial charge in [0.25, 0.3) is 0 Å². The summed E-state index contributed by atoms with van der Waals surface area (Å²) in [6, 6.07) is 10.8. The minimum atomic E-state index is -4.88. The Labute approximate surface area is 175 Å². The van der Waals surface area contributed by atoms with Crippen LogP contribution in [0.25, 0.3) is 0 Å². The van der Waals surface area contributed by atoms with Gasteiger partial charge in [0.1, 0.15) is 5.82 Å². The normalized spacial score (nSPS) is 19.9. The number of nitrogens with two attached hydrogens (primary N) is 1. The van der Waals surface area contributed by atoms with E-state index in [9.17, 15) is 17.6 Å². The summed E-state index contributed by atoms with van der Waals surface area (Å²) in [5.41, 5.74) is 2.48. The van der Waals surface area contributed by atoms with E-state index in [4.69, 9.17) is 49.8 Å². The number of hydrogen-bond donors (Lipinski definition) is 1. The van der Waals surface area contributed by atoms with Crippen molar-refractivity contribution in [1.82, 2.24) is 0 Å². The average molecular weight is 427 g/mol. The van der Waals surface area contributed by atoms with Gasteiger partial charge in [-0.2, -0.15) is 8.42 Å². The highest BCUT2D eigenvalue weighted by Crippen LogP contribution is 2.41. The van der Waals surface area contributed by atoms with Crippen molar-refractivity contribution in [3.8, 4) is 0 Å². The van der Waals surface area contributed by atoms with Crippen LogP contribution in [-0.4, -0.2) is 37.7 Å². The van der Waals surface area contributed by atoms with Crippen LogP contribution in [0.4, 0.5) is 4.39 Å². The molecule has 0 amide bonds. The van der Waals surface area contributed by atoms with Gasteiger partial charge < -0.3 is 14.7 Å². The smallest absolute Gasteiger partial charge is 0.302 e. The molecule has 2 aromatic carbocycles. The van der Waals surface area contributed by atoms with Gasteiger partial charge in [0.15, 0.2) is 13.3 Å². The molecule has 6 nitrogen and oxygen atoms in total. The molecule has 142 valence electrons. The summed E-state index contributed by atoms with van der Waals surface area (Å²) in [7, 11) is 12.5. The minimum absolute atomic E-state index is 0.0262. The molecule has 1 aliphatic heterocycles. The zero-order valence-corrected chi connectivity index (χ0v) is 16.2. The van der Waals surface area contributed by atoms with E-state index in [1.54, 1.807) is 6.07 Å². The maximum absolute atomic E-state index is 14.3. The van der Waals surface area contributed by atoms with Crippen LogP contribution in [0.2, 0.25) is 5.02 Å². The Hall–Kier alpha value is -2.39. The summed E-state index contributed by atoms with van der Waals surface area (Å²) < 4.78 is 46.9. The van der Waals surface area contributed by atoms with Crippen LogP contribution >= 0.6 is 11.6 Å². The first-order valence-electron chi connectivity index (χ1n) is 7.96. The van der Waals surface area contributed by atoms with Crippen molar-refractivity contribution in [2.45, 2.75) is 10.0 Å². The lowest BCUT2D eigenvalue weighted by molar-refractivity contribution is -0.126. The van der Waals surface area contributed by atoms with Gasteiger partial charge in [0.05, 0.1) is 25.3 Å². The van der Waals surface area contributed by atoms with E-state index >= 15 is 0 Å². The maximum atomic E-state index is 14.3. The molecular weight excluding hydrogens is 417 g/mol. The molecule has 0 spiro atoms. The van der Waals surface area contributed by atoms with E-state index in [1.807, 2.05) is 0 Å². The Morgan fingerprint density at radius 1 is 1.14 bits per heavy atom. The molecule has 6 radical (unpaired) electrons. The fourth-order valence-electron chi connectivity index (χ4n) is 2.66. The van der Waals surface area contributed by atoms with Crippen molar-refractivity contribution < 1.29 is 26.5 Å². The molecule has 1 heterocycles. The third kappa shape index (κ3) is 3.42. The predicted octanol–water partition coefficient (Wildman–Crippen LogP) is 1.02. The van der Waals surface area contributed by atoms with E-state index in [0.717, 1.165) is 6.07 Å². The first-order valence-corrected chi connectivity index (χ1v) is 9.74. The molecule has 2 N–H and O–H groups in total. The fraction of sp³-hybridized carbons (Fsp3) is 0.118. The Morgan fingerprint density at radius 2 is 1.76 bits per heavy atom. The van der Waals surface area contributed by atoms with E-state index in [-0.39, 0.29) is 10.6 Å². The van der Waals surface area contributed by atoms with Crippen molar-refractivity contribution in [2.24, 2.45) is 5.73 Å². The van der Waals surface area contributed by atoms with Gasteiger partial charge in [0.2, 0.25) is 17.4 Å². The Balaban J connectivity index is 1.99. The maximum Gasteiger partial charge on any atom is 0.302 e. The highest BCUT2D eigenvalue weighted by atomic mass is 35.5. The molecule has 0 bridgehead atoms. The standard InChI is InChI=1S/C17H10B3ClFNO5S/c18-16(12-10(21)7-4-8-11(12)22)14(24)13(15(23)27-16)28-29(25,26)17(19,20)9-5-2-1-3-6-9/h1-8H,23H2/t16-/m0/s1. The van der Waals surface area contributed by atoms with Crippen LogP contribution in [0.1, 0.15) is 11.1 Å². The Morgan fingerprint density at radius 3 is 2.34 bits per heavy atom. The zero-order chi connectivity index (χ0) is 21.6. The Bertz CT molecular complexity index is 1110. The number of carbonyl (C=O) groups excluding carboxylic acids is 1. The van der Waals surface area contributed by atoms with Crippen molar-refractivity contribution >= 4 is 51.0 Å². The molecule has 2 aromatic rings. The highest BCUT2D eigenvalue weighted by Gasteiger charge is 2.52. The first-order chi connectivity index (χ1) is 13.4. The quantitative estimate of drug-likeness (QED) is 0.566. The number of rotatable bonds is 5. The van der Waals surface area contributed by atoms with Crippen LogP contribution < -0.4 is 5.73 Å². The molecule has 0 aliphatic carbocycles. The largest absolute Gasteiger partial charge is 0.467 e. The first kappa shape index (κ1) is 21.3. The lowest BCUT2D eigenvalue weighted by Gasteiger charge is -2.27.